The molecule has 6 heteroatoms. The highest BCUT2D eigenvalue weighted by Gasteiger charge is 2.24. The van der Waals surface area contributed by atoms with E-state index in [0.29, 0.717) is 29.3 Å². The molecule has 1 aliphatic rings. The number of benzene rings is 4. The highest BCUT2D eigenvalue weighted by atomic mass is 16.5. The minimum atomic E-state index is -0.285. The molecule has 1 heterocycles. The van der Waals surface area contributed by atoms with E-state index < -0.39 is 0 Å². The lowest BCUT2D eigenvalue weighted by Gasteiger charge is -2.33. The number of esters is 1. The molecule has 208 valence electrons. The molecule has 1 aliphatic heterocycles. The molecule has 1 amide bonds. The number of ether oxygens (including phenoxy) is 1. The van der Waals surface area contributed by atoms with Crippen LogP contribution in [0.3, 0.4) is 0 Å². The van der Waals surface area contributed by atoms with Crippen molar-refractivity contribution >= 4 is 22.6 Å². The zero-order valence-corrected chi connectivity index (χ0v) is 23.4. The molecule has 0 aromatic heterocycles. The van der Waals surface area contributed by atoms with E-state index in [1.165, 1.54) is 6.92 Å². The van der Waals surface area contributed by atoms with Gasteiger partial charge in [-0.25, -0.2) is 0 Å². The van der Waals surface area contributed by atoms with E-state index in [9.17, 15) is 9.59 Å². The van der Waals surface area contributed by atoms with E-state index in [1.54, 1.807) is 12.1 Å². The summed E-state index contributed by atoms with van der Waals surface area (Å²) in [5.41, 5.74) is 4.43. The molecule has 0 radical (unpaired) electrons. The Kier molecular flexibility index (Phi) is 9.08. The SMILES string of the molecule is CC(=O)Oc1c(C2CCN(CCCCNC(=O)c3ccc(-c4ccc(C#N)cc4)cc3)CC2)ccc2ccccc12. The first kappa shape index (κ1) is 28.1. The number of unbranched alkanes of at least 4 members (excludes halogenated alkanes) is 1. The first-order chi connectivity index (χ1) is 20.0. The summed E-state index contributed by atoms with van der Waals surface area (Å²) in [5, 5.41) is 14.1. The minimum Gasteiger partial charge on any atom is -0.426 e. The Balaban J connectivity index is 1.05. The highest BCUT2D eigenvalue weighted by Crippen LogP contribution is 2.39. The van der Waals surface area contributed by atoms with E-state index in [2.05, 4.69) is 28.4 Å². The van der Waals surface area contributed by atoms with E-state index >= 15 is 0 Å². The van der Waals surface area contributed by atoms with Gasteiger partial charge >= 0.3 is 5.97 Å². The first-order valence-electron chi connectivity index (χ1n) is 14.3. The van der Waals surface area contributed by atoms with Gasteiger partial charge in [-0.15, -0.1) is 0 Å². The largest absolute Gasteiger partial charge is 0.426 e. The van der Waals surface area contributed by atoms with Crippen LogP contribution in [0.25, 0.3) is 21.9 Å². The van der Waals surface area contributed by atoms with Crippen LogP contribution in [0.5, 0.6) is 5.75 Å². The van der Waals surface area contributed by atoms with Gasteiger partial charge in [0.25, 0.3) is 5.91 Å². The van der Waals surface area contributed by atoms with Gasteiger partial charge in [-0.05, 0) is 97.6 Å². The predicted octanol–water partition coefficient (Wildman–Crippen LogP) is 6.69. The van der Waals surface area contributed by atoms with E-state index in [1.807, 2.05) is 60.7 Å². The topological polar surface area (TPSA) is 82.4 Å². The number of rotatable bonds is 9. The van der Waals surface area contributed by atoms with Gasteiger partial charge in [0.05, 0.1) is 11.6 Å². The number of hydrogen-bond acceptors (Lipinski definition) is 5. The highest BCUT2D eigenvalue weighted by molar-refractivity contribution is 5.94. The molecule has 1 saturated heterocycles. The summed E-state index contributed by atoms with van der Waals surface area (Å²) >= 11 is 0. The fourth-order valence-corrected chi connectivity index (χ4v) is 5.62. The second-order valence-corrected chi connectivity index (χ2v) is 10.6. The maximum absolute atomic E-state index is 12.6. The molecule has 1 N–H and O–H groups in total. The van der Waals surface area contributed by atoms with Crippen molar-refractivity contribution in [2.24, 2.45) is 0 Å². The molecule has 0 atom stereocenters. The monoisotopic (exact) mass is 545 g/mol. The summed E-state index contributed by atoms with van der Waals surface area (Å²) in [7, 11) is 0. The number of likely N-dealkylation sites (tertiary alicyclic amines) is 1. The Bertz CT molecular complexity index is 1550. The number of nitriles is 1. The number of hydrogen-bond donors (Lipinski definition) is 1. The molecule has 1 fully saturated rings. The second kappa shape index (κ2) is 13.3. The zero-order valence-electron chi connectivity index (χ0n) is 23.4. The van der Waals surface area contributed by atoms with Gasteiger partial charge in [0.1, 0.15) is 5.75 Å². The number of carbonyl (C=O) groups excluding carboxylic acids is 2. The molecule has 5 rings (SSSR count). The molecule has 41 heavy (non-hydrogen) atoms. The van der Waals surface area contributed by atoms with Crippen LogP contribution in [0.15, 0.2) is 84.9 Å². The van der Waals surface area contributed by atoms with E-state index in [-0.39, 0.29) is 11.9 Å². The number of nitrogens with zero attached hydrogens (tertiary/aromatic N) is 2. The van der Waals surface area contributed by atoms with Crippen molar-refractivity contribution in [2.45, 2.75) is 38.5 Å². The van der Waals surface area contributed by atoms with Crippen LogP contribution in [0.4, 0.5) is 0 Å². The van der Waals surface area contributed by atoms with Crippen molar-refractivity contribution in [3.63, 3.8) is 0 Å². The van der Waals surface area contributed by atoms with Crippen LogP contribution in [0.1, 0.15) is 60.0 Å². The van der Waals surface area contributed by atoms with Crippen molar-refractivity contribution in [2.75, 3.05) is 26.2 Å². The molecule has 0 spiro atoms. The quantitative estimate of drug-likeness (QED) is 0.144. The molecular weight excluding hydrogens is 510 g/mol. The van der Waals surface area contributed by atoms with Gasteiger partial charge < -0.3 is 15.0 Å². The van der Waals surface area contributed by atoms with Crippen LogP contribution in [0, 0.1) is 11.3 Å². The number of piperidine rings is 1. The second-order valence-electron chi connectivity index (χ2n) is 10.6. The van der Waals surface area contributed by atoms with Crippen molar-refractivity contribution in [1.82, 2.24) is 10.2 Å². The summed E-state index contributed by atoms with van der Waals surface area (Å²) in [5.74, 6) is 0.741. The summed E-state index contributed by atoms with van der Waals surface area (Å²) in [6, 6.07) is 29.4. The number of nitrogens with one attached hydrogen (secondary N) is 1. The summed E-state index contributed by atoms with van der Waals surface area (Å²) in [6.07, 6.45) is 4.01. The normalized spacial score (nSPS) is 14.0. The number of amides is 1. The van der Waals surface area contributed by atoms with Gasteiger partial charge in [0.15, 0.2) is 0 Å². The third-order valence-corrected chi connectivity index (χ3v) is 7.86. The van der Waals surface area contributed by atoms with Crippen molar-refractivity contribution < 1.29 is 14.3 Å². The van der Waals surface area contributed by atoms with Crippen molar-refractivity contribution in [3.8, 4) is 22.9 Å². The first-order valence-corrected chi connectivity index (χ1v) is 14.3. The molecule has 0 saturated carbocycles. The fraction of sp³-hybridized carbons (Fsp3) is 0.286. The third kappa shape index (κ3) is 7.00. The minimum absolute atomic E-state index is 0.0591. The standard InChI is InChI=1S/C35H35N3O3/c1-25(39)41-34-32-7-3-2-6-29(32)16-17-33(34)30-18-22-38(23-19-30)21-5-4-20-37-35(40)31-14-12-28(13-15-31)27-10-8-26(24-36)9-11-27/h2-3,6-17,30H,4-5,18-23H2,1H3,(H,37,40). The lowest BCUT2D eigenvalue weighted by molar-refractivity contribution is -0.131. The maximum Gasteiger partial charge on any atom is 0.308 e. The molecule has 4 aromatic carbocycles. The third-order valence-electron chi connectivity index (χ3n) is 7.86. The van der Waals surface area contributed by atoms with Crippen molar-refractivity contribution in [3.05, 3.63) is 102 Å². The lowest BCUT2D eigenvalue weighted by Crippen LogP contribution is -2.34. The van der Waals surface area contributed by atoms with Crippen LogP contribution in [-0.4, -0.2) is 43.0 Å². The molecule has 0 unspecified atom stereocenters. The van der Waals surface area contributed by atoms with Crippen LogP contribution < -0.4 is 10.1 Å². The molecular formula is C35H35N3O3. The number of carbonyl (C=O) groups is 2. The Hall–Kier alpha value is -4.47. The Morgan fingerprint density at radius 2 is 1.59 bits per heavy atom. The smallest absolute Gasteiger partial charge is 0.308 e. The average Bonchev–Trinajstić information content (AvgIpc) is 3.01. The molecule has 4 aromatic rings. The van der Waals surface area contributed by atoms with Crippen LogP contribution in [-0.2, 0) is 4.79 Å². The average molecular weight is 546 g/mol. The Morgan fingerprint density at radius 3 is 2.27 bits per heavy atom. The fourth-order valence-electron chi connectivity index (χ4n) is 5.62. The Morgan fingerprint density at radius 1 is 0.902 bits per heavy atom. The van der Waals surface area contributed by atoms with Crippen LogP contribution >= 0.6 is 0 Å². The van der Waals surface area contributed by atoms with Crippen molar-refractivity contribution in [1.29, 1.82) is 5.26 Å². The van der Waals surface area contributed by atoms with Gasteiger partial charge in [-0.2, -0.15) is 5.26 Å². The van der Waals surface area contributed by atoms with Gasteiger partial charge in [-0.3, -0.25) is 9.59 Å². The van der Waals surface area contributed by atoms with Crippen LogP contribution in [0.2, 0.25) is 0 Å². The maximum atomic E-state index is 12.6. The molecule has 0 aliphatic carbocycles. The van der Waals surface area contributed by atoms with E-state index in [4.69, 9.17) is 10.00 Å². The summed E-state index contributed by atoms with van der Waals surface area (Å²) in [4.78, 5) is 27.0. The van der Waals surface area contributed by atoms with Gasteiger partial charge in [0, 0.05) is 24.4 Å². The van der Waals surface area contributed by atoms with Gasteiger partial charge in [-0.1, -0.05) is 60.7 Å². The zero-order chi connectivity index (χ0) is 28.6. The van der Waals surface area contributed by atoms with E-state index in [0.717, 1.165) is 72.8 Å². The molecule has 6 nitrogen and oxygen atoms in total. The number of fused-ring (bicyclic) bond motifs is 1. The lowest BCUT2D eigenvalue weighted by atomic mass is 9.87. The summed E-state index contributed by atoms with van der Waals surface area (Å²) in [6.45, 7) is 5.14. The predicted molar refractivity (Wildman–Crippen MR) is 162 cm³/mol. The Labute approximate surface area is 241 Å². The molecule has 0 bridgehead atoms. The van der Waals surface area contributed by atoms with Gasteiger partial charge in [0.2, 0.25) is 0 Å². The summed E-state index contributed by atoms with van der Waals surface area (Å²) < 4.78 is 5.72.